The second-order valence-corrected chi connectivity index (χ2v) is 8.04. The number of hydrogen-bond donors (Lipinski definition) is 2. The number of nitrogens with one attached hydrogen (secondary N) is 1. The van der Waals surface area contributed by atoms with Crippen molar-refractivity contribution in [3.8, 4) is 0 Å². The van der Waals surface area contributed by atoms with Crippen LogP contribution in [0.4, 0.5) is 0 Å². The van der Waals surface area contributed by atoms with Gasteiger partial charge in [-0.1, -0.05) is 19.8 Å². The number of amides is 1. The molecule has 6 nitrogen and oxygen atoms in total. The van der Waals surface area contributed by atoms with Crippen molar-refractivity contribution in [2.45, 2.75) is 89.0 Å². The summed E-state index contributed by atoms with van der Waals surface area (Å²) in [7, 11) is 0. The molecule has 6 heteroatoms. The minimum absolute atomic E-state index is 0.00447. The predicted molar refractivity (Wildman–Crippen MR) is 94.3 cm³/mol. The molecule has 1 atom stereocenters. The summed E-state index contributed by atoms with van der Waals surface area (Å²) in [5, 5.41) is 12.2. The molecule has 0 spiro atoms. The number of hydrogen-bond acceptors (Lipinski definition) is 4. The molecule has 0 aliphatic heterocycles. The maximum Gasteiger partial charge on any atom is 0.317 e. The van der Waals surface area contributed by atoms with Gasteiger partial charge in [0.2, 0.25) is 5.91 Å². The van der Waals surface area contributed by atoms with Crippen LogP contribution in [0.15, 0.2) is 0 Å². The van der Waals surface area contributed by atoms with Crippen LogP contribution in [0.2, 0.25) is 0 Å². The molecule has 3 rings (SSSR count). The van der Waals surface area contributed by atoms with Gasteiger partial charge in [-0.05, 0) is 50.9 Å². The van der Waals surface area contributed by atoms with Crippen molar-refractivity contribution < 1.29 is 19.4 Å². The van der Waals surface area contributed by atoms with Crippen LogP contribution in [-0.4, -0.2) is 59.3 Å². The molecule has 142 valence electrons. The normalized spacial score (nSPS) is 27.9. The van der Waals surface area contributed by atoms with Crippen molar-refractivity contribution in [2.75, 3.05) is 13.1 Å². The molecule has 0 bridgehead atoms. The zero-order chi connectivity index (χ0) is 17.8. The van der Waals surface area contributed by atoms with Gasteiger partial charge in [-0.2, -0.15) is 0 Å². The first-order valence-corrected chi connectivity index (χ1v) is 9.96. The summed E-state index contributed by atoms with van der Waals surface area (Å²) in [6.45, 7) is 3.00. The molecule has 0 saturated heterocycles. The molecular formula is C19H32N2O4. The van der Waals surface area contributed by atoms with E-state index in [0.29, 0.717) is 12.3 Å². The Morgan fingerprint density at radius 3 is 2.44 bits per heavy atom. The van der Waals surface area contributed by atoms with E-state index in [0.717, 1.165) is 32.2 Å². The van der Waals surface area contributed by atoms with E-state index >= 15 is 0 Å². The van der Waals surface area contributed by atoms with Crippen LogP contribution < -0.4 is 5.32 Å². The maximum atomic E-state index is 12.5. The summed E-state index contributed by atoms with van der Waals surface area (Å²) in [6, 6.07) is 0.451. The van der Waals surface area contributed by atoms with Crippen LogP contribution in [0.3, 0.4) is 0 Å². The Morgan fingerprint density at radius 2 is 1.88 bits per heavy atom. The van der Waals surface area contributed by atoms with Gasteiger partial charge in [-0.15, -0.1) is 0 Å². The Kier molecular flexibility index (Phi) is 6.34. The van der Waals surface area contributed by atoms with Gasteiger partial charge in [0.25, 0.3) is 0 Å². The van der Waals surface area contributed by atoms with Crippen LogP contribution in [0.5, 0.6) is 0 Å². The summed E-state index contributed by atoms with van der Waals surface area (Å²) >= 11 is 0. The van der Waals surface area contributed by atoms with Crippen molar-refractivity contribution in [1.82, 2.24) is 10.2 Å². The highest BCUT2D eigenvalue weighted by molar-refractivity contribution is 5.81. The third kappa shape index (κ3) is 5.42. The zero-order valence-corrected chi connectivity index (χ0v) is 15.3. The van der Waals surface area contributed by atoms with Crippen molar-refractivity contribution in [1.29, 1.82) is 0 Å². The van der Waals surface area contributed by atoms with Crippen LogP contribution >= 0.6 is 0 Å². The van der Waals surface area contributed by atoms with E-state index in [4.69, 9.17) is 9.84 Å². The summed E-state index contributed by atoms with van der Waals surface area (Å²) < 4.78 is 5.98. The number of rotatable bonds is 10. The second-order valence-electron chi connectivity index (χ2n) is 8.04. The molecule has 3 fully saturated rings. The summed E-state index contributed by atoms with van der Waals surface area (Å²) in [6.07, 6.45) is 9.29. The quantitative estimate of drug-likeness (QED) is 0.630. The molecule has 2 N–H and O–H groups in total. The van der Waals surface area contributed by atoms with Crippen molar-refractivity contribution in [2.24, 2.45) is 5.92 Å². The number of carboxylic acids is 1. The summed E-state index contributed by atoms with van der Waals surface area (Å²) in [5.41, 5.74) is 0. The second kappa shape index (κ2) is 8.49. The van der Waals surface area contributed by atoms with Crippen LogP contribution in [0.1, 0.15) is 64.7 Å². The zero-order valence-electron chi connectivity index (χ0n) is 15.3. The highest BCUT2D eigenvalue weighted by Crippen LogP contribution is 2.34. The molecule has 3 aliphatic carbocycles. The fraction of sp³-hybridized carbons (Fsp3) is 0.895. The lowest BCUT2D eigenvalue weighted by Gasteiger charge is -2.43. The van der Waals surface area contributed by atoms with Gasteiger partial charge in [0.1, 0.15) is 6.10 Å². The fourth-order valence-corrected chi connectivity index (χ4v) is 4.05. The van der Waals surface area contributed by atoms with E-state index in [2.05, 4.69) is 10.2 Å². The topological polar surface area (TPSA) is 78.9 Å². The van der Waals surface area contributed by atoms with E-state index in [9.17, 15) is 9.59 Å². The monoisotopic (exact) mass is 352 g/mol. The Hall–Kier alpha value is -1.14. The van der Waals surface area contributed by atoms with Gasteiger partial charge >= 0.3 is 5.97 Å². The largest absolute Gasteiger partial charge is 0.480 e. The van der Waals surface area contributed by atoms with Crippen LogP contribution in [-0.2, 0) is 14.3 Å². The molecule has 3 saturated carbocycles. The third-order valence-corrected chi connectivity index (χ3v) is 5.83. The van der Waals surface area contributed by atoms with Crippen LogP contribution in [0, 0.1) is 5.92 Å². The van der Waals surface area contributed by atoms with Crippen LogP contribution in [0.25, 0.3) is 0 Å². The van der Waals surface area contributed by atoms with Crippen molar-refractivity contribution in [3.63, 3.8) is 0 Å². The number of carbonyl (C=O) groups excluding carboxylic acids is 1. The van der Waals surface area contributed by atoms with Gasteiger partial charge in [-0.3, -0.25) is 14.5 Å². The lowest BCUT2D eigenvalue weighted by Crippen LogP contribution is -2.56. The summed E-state index contributed by atoms with van der Waals surface area (Å²) in [4.78, 5) is 25.6. The Balaban J connectivity index is 1.41. The van der Waals surface area contributed by atoms with Gasteiger partial charge < -0.3 is 15.2 Å². The average molecular weight is 352 g/mol. The molecule has 0 heterocycles. The molecule has 1 unspecified atom stereocenters. The number of nitrogens with zero attached hydrogens (tertiary/aromatic N) is 1. The van der Waals surface area contributed by atoms with E-state index in [1.807, 2.05) is 6.92 Å². The third-order valence-electron chi connectivity index (χ3n) is 5.83. The Bertz CT molecular complexity index is 468. The molecule has 0 aromatic carbocycles. The predicted octanol–water partition coefficient (Wildman–Crippen LogP) is 2.17. The first-order chi connectivity index (χ1) is 12.0. The number of carbonyl (C=O) groups is 2. The standard InChI is InChI=1S/C19H32N2O4/c1-2-17(25-16-5-3-4-6-16)19(24)20-14-9-15(10-14)21(12-18(22)23)11-13-7-8-13/h13-17H,2-12H2,1H3,(H,20,24)(H,22,23). The minimum atomic E-state index is -0.760. The Labute approximate surface area is 150 Å². The molecule has 1 amide bonds. The maximum absolute atomic E-state index is 12.5. The molecule has 0 radical (unpaired) electrons. The molecule has 25 heavy (non-hydrogen) atoms. The van der Waals surface area contributed by atoms with E-state index < -0.39 is 5.97 Å². The Morgan fingerprint density at radius 1 is 1.20 bits per heavy atom. The van der Waals surface area contributed by atoms with E-state index in [1.165, 1.54) is 25.7 Å². The number of ether oxygens (including phenoxy) is 1. The van der Waals surface area contributed by atoms with Gasteiger partial charge in [0.15, 0.2) is 0 Å². The van der Waals surface area contributed by atoms with Crippen molar-refractivity contribution >= 4 is 11.9 Å². The smallest absolute Gasteiger partial charge is 0.317 e. The minimum Gasteiger partial charge on any atom is -0.480 e. The lowest BCUT2D eigenvalue weighted by atomic mass is 9.85. The number of aliphatic carboxylic acids is 1. The van der Waals surface area contributed by atoms with E-state index in [-0.39, 0.29) is 36.7 Å². The van der Waals surface area contributed by atoms with Crippen molar-refractivity contribution in [3.05, 3.63) is 0 Å². The number of carboxylic acid groups (broad SMARTS) is 1. The van der Waals surface area contributed by atoms with Gasteiger partial charge in [0, 0.05) is 18.6 Å². The van der Waals surface area contributed by atoms with E-state index in [1.54, 1.807) is 0 Å². The molecule has 0 aromatic heterocycles. The highest BCUT2D eigenvalue weighted by atomic mass is 16.5. The highest BCUT2D eigenvalue weighted by Gasteiger charge is 2.38. The molecular weight excluding hydrogens is 320 g/mol. The average Bonchev–Trinajstić information content (AvgIpc) is 3.19. The lowest BCUT2D eigenvalue weighted by molar-refractivity contribution is -0.141. The fourth-order valence-electron chi connectivity index (χ4n) is 4.05. The van der Waals surface area contributed by atoms with Gasteiger partial charge in [-0.25, -0.2) is 0 Å². The summed E-state index contributed by atoms with van der Waals surface area (Å²) in [5.74, 6) is -0.0775. The molecule has 0 aromatic rings. The first kappa shape index (κ1) is 18.6. The first-order valence-electron chi connectivity index (χ1n) is 9.96. The SMILES string of the molecule is CCC(OC1CCCC1)C(=O)NC1CC(N(CC(=O)O)CC2CC2)C1. The van der Waals surface area contributed by atoms with Gasteiger partial charge in [0.05, 0.1) is 12.6 Å². The molecule has 3 aliphatic rings.